The number of methoxy groups -OCH3 is 1. The van der Waals surface area contributed by atoms with Crippen molar-refractivity contribution in [3.05, 3.63) is 10.1 Å². The third kappa shape index (κ3) is 8.96. The minimum atomic E-state index is -0.385. The van der Waals surface area contributed by atoms with Gasteiger partial charge in [0.25, 0.3) is 0 Å². The molecule has 14 heavy (non-hydrogen) atoms. The lowest BCUT2D eigenvalue weighted by Gasteiger charge is -2.05. The summed E-state index contributed by atoms with van der Waals surface area (Å²) < 4.78 is 4.46. The van der Waals surface area contributed by atoms with Crippen LogP contribution < -0.4 is 0 Å². The van der Waals surface area contributed by atoms with Crippen LogP contribution in [0.4, 0.5) is 0 Å². The van der Waals surface area contributed by atoms with E-state index in [0.717, 1.165) is 0 Å². The lowest BCUT2D eigenvalue weighted by Crippen LogP contribution is -2.14. The highest BCUT2D eigenvalue weighted by atomic mass is 16.6. The number of hydrogen-bond acceptors (Lipinski definition) is 4. The Labute approximate surface area is 84.6 Å². The van der Waals surface area contributed by atoms with Gasteiger partial charge in [0.1, 0.15) is 0 Å². The molecule has 0 aromatic rings. The van der Waals surface area contributed by atoms with E-state index in [1.54, 1.807) is 6.92 Å². The van der Waals surface area contributed by atoms with Crippen LogP contribution in [0.3, 0.4) is 0 Å². The lowest BCUT2D eigenvalue weighted by molar-refractivity contribution is -0.480. The number of hydrogen-bond donors (Lipinski definition) is 0. The molecule has 5 heteroatoms. The van der Waals surface area contributed by atoms with E-state index >= 15 is 0 Å². The molecule has 0 spiro atoms. The molecule has 5 nitrogen and oxygen atoms in total. The summed E-state index contributed by atoms with van der Waals surface area (Å²) >= 11 is 0. The Morgan fingerprint density at radius 2 is 2.00 bits per heavy atom. The van der Waals surface area contributed by atoms with E-state index in [9.17, 15) is 14.9 Å². The lowest BCUT2D eigenvalue weighted by atomic mass is 10.1. The summed E-state index contributed by atoms with van der Waals surface area (Å²) in [6.45, 7) is 5.62. The van der Waals surface area contributed by atoms with Gasteiger partial charge in [-0.3, -0.25) is 14.9 Å². The van der Waals surface area contributed by atoms with Crippen LogP contribution in [0, 0.1) is 16.0 Å². The topological polar surface area (TPSA) is 69.4 Å². The van der Waals surface area contributed by atoms with Crippen molar-refractivity contribution in [2.75, 3.05) is 13.7 Å². The maximum absolute atomic E-state index is 10.8. The predicted octanol–water partition coefficient (Wildman–Crippen LogP) is 1.88. The van der Waals surface area contributed by atoms with Crippen LogP contribution >= 0.6 is 0 Å². The van der Waals surface area contributed by atoms with E-state index in [2.05, 4.69) is 4.74 Å². The standard InChI is InChI=1S/C7H13NO4.C2H6/c1-6(7(9)12-2)4-3-5-8(10)11;1-2/h6H,3-5H2,1-2H3;1-2H3. The summed E-state index contributed by atoms with van der Waals surface area (Å²) in [4.78, 5) is 20.3. The molecule has 0 aliphatic carbocycles. The second-order valence-electron chi connectivity index (χ2n) is 2.62. The van der Waals surface area contributed by atoms with Crippen LogP contribution in [0.15, 0.2) is 0 Å². The fourth-order valence-electron chi connectivity index (χ4n) is 0.846. The quantitative estimate of drug-likeness (QED) is 0.390. The van der Waals surface area contributed by atoms with Crippen molar-refractivity contribution in [2.45, 2.75) is 33.6 Å². The molecule has 0 aliphatic rings. The number of carbonyl (C=O) groups excluding carboxylic acids is 1. The van der Waals surface area contributed by atoms with Crippen molar-refractivity contribution in [1.29, 1.82) is 0 Å². The molecule has 84 valence electrons. The minimum absolute atomic E-state index is 0.0820. The molecular weight excluding hydrogens is 186 g/mol. The number of carbonyl (C=O) groups is 1. The Kier molecular flexibility index (Phi) is 10.9. The Morgan fingerprint density at radius 3 is 2.36 bits per heavy atom. The van der Waals surface area contributed by atoms with Crippen molar-refractivity contribution in [3.63, 3.8) is 0 Å². The summed E-state index contributed by atoms with van der Waals surface area (Å²) in [5.74, 6) is -0.548. The van der Waals surface area contributed by atoms with E-state index < -0.39 is 0 Å². The van der Waals surface area contributed by atoms with Gasteiger partial charge in [0.15, 0.2) is 0 Å². The van der Waals surface area contributed by atoms with Crippen molar-refractivity contribution in [2.24, 2.45) is 5.92 Å². The van der Waals surface area contributed by atoms with E-state index in [4.69, 9.17) is 0 Å². The average molecular weight is 205 g/mol. The molecule has 0 aromatic heterocycles. The van der Waals surface area contributed by atoms with Crippen LogP contribution in [0.25, 0.3) is 0 Å². The second-order valence-corrected chi connectivity index (χ2v) is 2.62. The summed E-state index contributed by atoms with van der Waals surface area (Å²) in [5.41, 5.74) is 0. The van der Waals surface area contributed by atoms with Gasteiger partial charge in [0.2, 0.25) is 6.54 Å². The summed E-state index contributed by atoms with van der Waals surface area (Å²) in [6.07, 6.45) is 0.928. The Balaban J connectivity index is 0. The molecule has 0 bridgehead atoms. The predicted molar refractivity (Wildman–Crippen MR) is 53.6 cm³/mol. The van der Waals surface area contributed by atoms with Crippen LogP contribution in [-0.4, -0.2) is 24.5 Å². The number of nitro groups is 1. The molecule has 0 heterocycles. The van der Waals surface area contributed by atoms with E-state index in [1.807, 2.05) is 13.8 Å². The highest BCUT2D eigenvalue weighted by Gasteiger charge is 2.13. The van der Waals surface area contributed by atoms with Gasteiger partial charge in [-0.1, -0.05) is 20.8 Å². The second kappa shape index (κ2) is 9.95. The molecule has 0 rings (SSSR count). The van der Waals surface area contributed by atoms with E-state index in [-0.39, 0.29) is 23.4 Å². The number of ether oxygens (including phenoxy) is 1. The highest BCUT2D eigenvalue weighted by molar-refractivity contribution is 5.71. The zero-order chi connectivity index (χ0) is 11.6. The van der Waals surface area contributed by atoms with Crippen molar-refractivity contribution >= 4 is 5.97 Å². The first-order chi connectivity index (χ1) is 6.57. The van der Waals surface area contributed by atoms with Gasteiger partial charge < -0.3 is 4.74 Å². The zero-order valence-electron chi connectivity index (χ0n) is 9.28. The highest BCUT2D eigenvalue weighted by Crippen LogP contribution is 2.06. The Hall–Kier alpha value is -1.13. The molecule has 0 aliphatic heterocycles. The smallest absolute Gasteiger partial charge is 0.308 e. The SMILES string of the molecule is CC.COC(=O)C(C)CCC[N+](=O)[O-]. The molecule has 0 radical (unpaired) electrons. The number of nitrogens with zero attached hydrogens (tertiary/aromatic N) is 1. The van der Waals surface area contributed by atoms with Gasteiger partial charge in [-0.15, -0.1) is 0 Å². The molecule has 0 aromatic carbocycles. The Bertz CT molecular complexity index is 170. The van der Waals surface area contributed by atoms with E-state index in [1.165, 1.54) is 7.11 Å². The van der Waals surface area contributed by atoms with Crippen molar-refractivity contribution in [1.82, 2.24) is 0 Å². The fourth-order valence-corrected chi connectivity index (χ4v) is 0.846. The minimum Gasteiger partial charge on any atom is -0.469 e. The number of rotatable bonds is 5. The maximum atomic E-state index is 10.8. The van der Waals surface area contributed by atoms with Gasteiger partial charge in [0, 0.05) is 11.3 Å². The van der Waals surface area contributed by atoms with Gasteiger partial charge in [-0.25, -0.2) is 0 Å². The Morgan fingerprint density at radius 1 is 1.50 bits per heavy atom. The molecule has 0 saturated carbocycles. The van der Waals surface area contributed by atoms with Gasteiger partial charge in [0.05, 0.1) is 13.0 Å². The largest absolute Gasteiger partial charge is 0.469 e. The molecule has 1 atom stereocenters. The molecule has 0 amide bonds. The van der Waals surface area contributed by atoms with Crippen LogP contribution in [-0.2, 0) is 9.53 Å². The van der Waals surface area contributed by atoms with Crippen molar-refractivity contribution < 1.29 is 14.5 Å². The first-order valence-corrected chi connectivity index (χ1v) is 4.77. The van der Waals surface area contributed by atoms with Crippen LogP contribution in [0.5, 0.6) is 0 Å². The van der Waals surface area contributed by atoms with Gasteiger partial charge >= 0.3 is 5.97 Å². The van der Waals surface area contributed by atoms with Crippen LogP contribution in [0.1, 0.15) is 33.6 Å². The molecule has 1 unspecified atom stereocenters. The monoisotopic (exact) mass is 205 g/mol. The zero-order valence-corrected chi connectivity index (χ0v) is 9.28. The normalized spacial score (nSPS) is 10.9. The third-order valence-corrected chi connectivity index (χ3v) is 1.58. The first-order valence-electron chi connectivity index (χ1n) is 4.77. The van der Waals surface area contributed by atoms with E-state index in [0.29, 0.717) is 12.8 Å². The average Bonchev–Trinajstić information content (AvgIpc) is 2.19. The van der Waals surface area contributed by atoms with Crippen molar-refractivity contribution in [3.8, 4) is 0 Å². The summed E-state index contributed by atoms with van der Waals surface area (Å²) in [6, 6.07) is 0. The molecule has 0 saturated heterocycles. The van der Waals surface area contributed by atoms with Crippen LogP contribution in [0.2, 0.25) is 0 Å². The molecular formula is C9H19NO4. The first kappa shape index (κ1) is 15.3. The maximum Gasteiger partial charge on any atom is 0.308 e. The number of esters is 1. The van der Waals surface area contributed by atoms with Gasteiger partial charge in [-0.2, -0.15) is 0 Å². The fraction of sp³-hybridized carbons (Fsp3) is 0.889. The molecule has 0 N–H and O–H groups in total. The summed E-state index contributed by atoms with van der Waals surface area (Å²) in [5, 5.41) is 9.91. The molecule has 0 fully saturated rings. The third-order valence-electron chi connectivity index (χ3n) is 1.58. The van der Waals surface area contributed by atoms with Gasteiger partial charge in [-0.05, 0) is 6.42 Å². The summed E-state index contributed by atoms with van der Waals surface area (Å²) in [7, 11) is 1.31.